The zero-order valence-corrected chi connectivity index (χ0v) is 17.3. The van der Waals surface area contributed by atoms with E-state index in [0.29, 0.717) is 5.75 Å². The fourth-order valence-corrected chi connectivity index (χ4v) is 3.79. The van der Waals surface area contributed by atoms with Crippen LogP contribution < -0.4 is 9.46 Å². The summed E-state index contributed by atoms with van der Waals surface area (Å²) >= 11 is 11.6. The van der Waals surface area contributed by atoms with Gasteiger partial charge in [0.15, 0.2) is 6.61 Å². The highest BCUT2D eigenvalue weighted by Gasteiger charge is 2.24. The molecule has 2 rings (SSSR count). The summed E-state index contributed by atoms with van der Waals surface area (Å²) in [5.41, 5.74) is 0.252. The molecule has 0 aliphatic carbocycles. The second kappa shape index (κ2) is 9.38. The number of esters is 1. The van der Waals surface area contributed by atoms with Crippen molar-refractivity contribution in [3.8, 4) is 5.75 Å². The van der Waals surface area contributed by atoms with Gasteiger partial charge in [0.05, 0.1) is 27.6 Å². The lowest BCUT2D eigenvalue weighted by Crippen LogP contribution is -2.40. The minimum atomic E-state index is -4.04. The van der Waals surface area contributed by atoms with Gasteiger partial charge in [-0.15, -0.1) is 0 Å². The number of para-hydroxylation sites is 1. The molecule has 0 saturated heterocycles. The molecular formula is C18H17Cl2NO6S. The first-order valence-electron chi connectivity index (χ1n) is 7.96. The third-order valence-electron chi connectivity index (χ3n) is 3.64. The van der Waals surface area contributed by atoms with E-state index in [1.807, 2.05) is 0 Å². The van der Waals surface area contributed by atoms with E-state index >= 15 is 0 Å². The van der Waals surface area contributed by atoms with E-state index in [1.54, 1.807) is 18.2 Å². The molecule has 0 unspecified atom stereocenters. The Morgan fingerprint density at radius 3 is 2.43 bits per heavy atom. The summed E-state index contributed by atoms with van der Waals surface area (Å²) in [6.07, 6.45) is 0. The first-order valence-corrected chi connectivity index (χ1v) is 10.2. The van der Waals surface area contributed by atoms with Gasteiger partial charge in [-0.05, 0) is 37.3 Å². The van der Waals surface area contributed by atoms with Crippen molar-refractivity contribution in [2.24, 2.45) is 0 Å². The predicted octanol–water partition coefficient (Wildman–Crippen LogP) is 3.09. The molecule has 10 heteroatoms. The van der Waals surface area contributed by atoms with Gasteiger partial charge in [-0.3, -0.25) is 9.59 Å². The van der Waals surface area contributed by atoms with Crippen molar-refractivity contribution in [2.75, 3.05) is 13.7 Å². The molecule has 2 aromatic rings. The first-order chi connectivity index (χ1) is 13.2. The van der Waals surface area contributed by atoms with Crippen LogP contribution in [0.15, 0.2) is 47.4 Å². The smallest absolute Gasteiger partial charge is 0.324 e. The Bertz CT molecular complexity index is 993. The van der Waals surface area contributed by atoms with Crippen LogP contribution in [0, 0.1) is 0 Å². The van der Waals surface area contributed by atoms with Crippen LogP contribution in [0.3, 0.4) is 0 Å². The van der Waals surface area contributed by atoms with Crippen molar-refractivity contribution >= 4 is 45.0 Å². The molecule has 0 fully saturated rings. The van der Waals surface area contributed by atoms with Crippen molar-refractivity contribution in [2.45, 2.75) is 17.9 Å². The number of hydrogen-bond acceptors (Lipinski definition) is 6. The maximum Gasteiger partial charge on any atom is 0.324 e. The number of carbonyl (C=O) groups is 2. The number of rotatable bonds is 8. The van der Waals surface area contributed by atoms with E-state index in [1.165, 1.54) is 32.2 Å². The van der Waals surface area contributed by atoms with E-state index in [9.17, 15) is 18.0 Å². The monoisotopic (exact) mass is 445 g/mol. The summed E-state index contributed by atoms with van der Waals surface area (Å²) in [5.74, 6) is -1.05. The summed E-state index contributed by atoms with van der Waals surface area (Å²) in [6.45, 7) is 0.739. The van der Waals surface area contributed by atoms with Gasteiger partial charge in [-0.25, -0.2) is 8.42 Å². The van der Waals surface area contributed by atoms with Gasteiger partial charge in [0, 0.05) is 0 Å². The summed E-state index contributed by atoms with van der Waals surface area (Å²) in [6, 6.07) is 8.98. The largest absolute Gasteiger partial charge is 0.496 e. The molecule has 0 radical (unpaired) electrons. The van der Waals surface area contributed by atoms with Gasteiger partial charge in [-0.2, -0.15) is 4.72 Å². The third kappa shape index (κ3) is 5.45. The number of benzene rings is 2. The van der Waals surface area contributed by atoms with E-state index in [4.69, 9.17) is 32.7 Å². The minimum absolute atomic E-state index is 0.0576. The molecular weight excluding hydrogens is 429 g/mol. The van der Waals surface area contributed by atoms with Crippen molar-refractivity contribution in [3.63, 3.8) is 0 Å². The highest BCUT2D eigenvalue weighted by atomic mass is 35.5. The van der Waals surface area contributed by atoms with Gasteiger partial charge in [-0.1, -0.05) is 35.3 Å². The van der Waals surface area contributed by atoms with Crippen LogP contribution in [0.4, 0.5) is 0 Å². The zero-order chi connectivity index (χ0) is 20.9. The van der Waals surface area contributed by atoms with Crippen LogP contribution in [0.25, 0.3) is 0 Å². The standard InChI is InChI=1S/C18H17Cl2NO6S/c1-11(21-28(24,25)12-7-8-14(19)15(20)9-12)18(23)27-10-16(22)13-5-3-4-6-17(13)26-2/h3-9,11,21H,10H2,1-2H3/t11-/m1/s1. The Kier molecular flexibility index (Phi) is 7.42. The Hall–Kier alpha value is -2.13. The Morgan fingerprint density at radius 1 is 1.11 bits per heavy atom. The molecule has 28 heavy (non-hydrogen) atoms. The lowest BCUT2D eigenvalue weighted by molar-refractivity contribution is -0.144. The van der Waals surface area contributed by atoms with Gasteiger partial charge < -0.3 is 9.47 Å². The fraction of sp³-hybridized carbons (Fsp3) is 0.222. The number of halogens is 2. The fourth-order valence-electron chi connectivity index (χ4n) is 2.21. The number of ether oxygens (including phenoxy) is 2. The summed E-state index contributed by atoms with van der Waals surface area (Å²) in [5, 5.41) is 0.255. The average molecular weight is 446 g/mol. The number of ketones is 1. The summed E-state index contributed by atoms with van der Waals surface area (Å²) in [4.78, 5) is 24.1. The molecule has 0 aliphatic heterocycles. The van der Waals surface area contributed by atoms with Crippen LogP contribution in [0.5, 0.6) is 5.75 Å². The predicted molar refractivity (Wildman–Crippen MR) is 105 cm³/mol. The Labute approximate surface area is 172 Å². The van der Waals surface area contributed by atoms with Crippen LogP contribution in [-0.2, 0) is 19.6 Å². The van der Waals surface area contributed by atoms with Gasteiger partial charge in [0.2, 0.25) is 15.8 Å². The van der Waals surface area contributed by atoms with E-state index in [0.717, 1.165) is 6.07 Å². The Morgan fingerprint density at radius 2 is 1.79 bits per heavy atom. The van der Waals surface area contributed by atoms with Crippen LogP contribution in [0.2, 0.25) is 10.0 Å². The maximum atomic E-state index is 12.3. The lowest BCUT2D eigenvalue weighted by Gasteiger charge is -2.14. The number of Topliss-reactive ketones (excluding diaryl/α,β-unsaturated/α-hetero) is 1. The lowest BCUT2D eigenvalue weighted by atomic mass is 10.1. The van der Waals surface area contributed by atoms with Gasteiger partial charge >= 0.3 is 5.97 Å². The maximum absolute atomic E-state index is 12.3. The first kappa shape index (κ1) is 22.2. The molecule has 0 heterocycles. The normalized spacial score (nSPS) is 12.3. The number of nitrogens with one attached hydrogen (secondary N) is 1. The van der Waals surface area contributed by atoms with E-state index in [-0.39, 0.29) is 20.5 Å². The van der Waals surface area contributed by atoms with Crippen LogP contribution in [0.1, 0.15) is 17.3 Å². The Balaban J connectivity index is 2.00. The van der Waals surface area contributed by atoms with E-state index < -0.39 is 34.4 Å². The second-order valence-electron chi connectivity index (χ2n) is 5.65. The summed E-state index contributed by atoms with van der Waals surface area (Å²) in [7, 11) is -2.63. The van der Waals surface area contributed by atoms with Crippen LogP contribution in [-0.4, -0.2) is 39.9 Å². The molecule has 150 valence electrons. The van der Waals surface area contributed by atoms with Crippen LogP contribution >= 0.6 is 23.2 Å². The number of sulfonamides is 1. The molecule has 0 aromatic heterocycles. The molecule has 0 saturated carbocycles. The van der Waals surface area contributed by atoms with Crippen molar-refractivity contribution < 1.29 is 27.5 Å². The highest BCUT2D eigenvalue weighted by Crippen LogP contribution is 2.25. The van der Waals surface area contributed by atoms with Gasteiger partial charge in [0.25, 0.3) is 0 Å². The highest BCUT2D eigenvalue weighted by molar-refractivity contribution is 7.89. The number of hydrogen-bond donors (Lipinski definition) is 1. The molecule has 2 aromatic carbocycles. The molecule has 0 amide bonds. The molecule has 0 bridgehead atoms. The molecule has 7 nitrogen and oxygen atoms in total. The minimum Gasteiger partial charge on any atom is -0.496 e. The average Bonchev–Trinajstić information content (AvgIpc) is 2.67. The number of methoxy groups -OCH3 is 1. The second-order valence-corrected chi connectivity index (χ2v) is 8.18. The van der Waals surface area contributed by atoms with Crippen molar-refractivity contribution in [1.82, 2.24) is 4.72 Å². The third-order valence-corrected chi connectivity index (χ3v) is 5.92. The molecule has 1 atom stereocenters. The number of carbonyl (C=O) groups excluding carboxylic acids is 2. The van der Waals surface area contributed by atoms with Gasteiger partial charge in [0.1, 0.15) is 11.8 Å². The van der Waals surface area contributed by atoms with Crippen molar-refractivity contribution in [3.05, 3.63) is 58.1 Å². The summed E-state index contributed by atoms with van der Waals surface area (Å²) < 4.78 is 36.9. The molecule has 0 spiro atoms. The quantitative estimate of drug-likeness (QED) is 0.494. The SMILES string of the molecule is COc1ccccc1C(=O)COC(=O)[C@@H](C)NS(=O)(=O)c1ccc(Cl)c(Cl)c1. The molecule has 1 N–H and O–H groups in total. The molecule has 0 aliphatic rings. The van der Waals surface area contributed by atoms with Crippen molar-refractivity contribution in [1.29, 1.82) is 0 Å². The van der Waals surface area contributed by atoms with E-state index in [2.05, 4.69) is 4.72 Å². The zero-order valence-electron chi connectivity index (χ0n) is 14.9. The topological polar surface area (TPSA) is 98.8 Å².